The van der Waals surface area contributed by atoms with Crippen molar-refractivity contribution in [1.29, 1.82) is 0 Å². The van der Waals surface area contributed by atoms with Gasteiger partial charge in [0.15, 0.2) is 8.32 Å². The van der Waals surface area contributed by atoms with E-state index in [1.807, 2.05) is 18.2 Å². The van der Waals surface area contributed by atoms with Gasteiger partial charge in [-0.1, -0.05) is 40.4 Å². The maximum atomic E-state index is 13.9. The molecule has 1 atom stereocenters. The molecule has 0 aromatic heterocycles. The maximum Gasteiger partial charge on any atom is 0.241 e. The van der Waals surface area contributed by atoms with Crippen molar-refractivity contribution in [3.63, 3.8) is 0 Å². The highest BCUT2D eigenvalue weighted by Crippen LogP contribution is 2.47. The molecule has 1 aromatic rings. The molecule has 182 valence electrons. The molecule has 8 heteroatoms. The summed E-state index contributed by atoms with van der Waals surface area (Å²) in [7, 11) is -1.62. The minimum absolute atomic E-state index is 0.0120. The van der Waals surface area contributed by atoms with Crippen molar-refractivity contribution >= 4 is 28.0 Å². The van der Waals surface area contributed by atoms with Crippen LogP contribution in [-0.4, -0.2) is 55.9 Å². The Kier molecular flexibility index (Phi) is 8.43. The lowest BCUT2D eigenvalue weighted by Crippen LogP contribution is -2.50. The van der Waals surface area contributed by atoms with Crippen LogP contribution in [0.2, 0.25) is 43.8 Å². The first-order valence-electron chi connectivity index (χ1n) is 11.6. The van der Waals surface area contributed by atoms with Gasteiger partial charge >= 0.3 is 0 Å². The van der Waals surface area contributed by atoms with E-state index in [1.165, 1.54) is 0 Å². The predicted molar refractivity (Wildman–Crippen MR) is 138 cm³/mol. The third-order valence-electron chi connectivity index (χ3n) is 6.94. The van der Waals surface area contributed by atoms with E-state index in [4.69, 9.17) is 19.6 Å². The Morgan fingerprint density at radius 3 is 2.31 bits per heavy atom. The number of ether oxygens (including phenoxy) is 2. The number of rotatable bonds is 11. The SMILES string of the molecule is COc1ccc2c(c1)C(CCN)(CO[Si](C)(C)C(C)(C)C)C(=O)N2COCC[Si](C)(C)C. The minimum atomic E-state index is -2.06. The Morgan fingerprint density at radius 1 is 1.12 bits per heavy atom. The molecule has 1 aliphatic heterocycles. The molecule has 0 fully saturated rings. The monoisotopic (exact) mass is 480 g/mol. The molecule has 2 rings (SSSR count). The molecule has 1 aromatic carbocycles. The number of hydrogen-bond donors (Lipinski definition) is 1. The normalized spacial score (nSPS) is 19.4. The lowest BCUT2D eigenvalue weighted by Gasteiger charge is -2.39. The van der Waals surface area contributed by atoms with Crippen LogP contribution in [-0.2, 0) is 19.4 Å². The predicted octanol–water partition coefficient (Wildman–Crippen LogP) is 4.96. The van der Waals surface area contributed by atoms with Gasteiger partial charge in [0.2, 0.25) is 5.91 Å². The van der Waals surface area contributed by atoms with Crippen molar-refractivity contribution in [1.82, 2.24) is 0 Å². The highest BCUT2D eigenvalue weighted by molar-refractivity contribution is 6.76. The first kappa shape index (κ1) is 27.1. The first-order chi connectivity index (χ1) is 14.7. The molecule has 0 radical (unpaired) electrons. The van der Waals surface area contributed by atoms with Gasteiger partial charge in [0, 0.05) is 14.7 Å². The third-order valence-corrected chi connectivity index (χ3v) is 13.1. The summed E-state index contributed by atoms with van der Waals surface area (Å²) in [6.45, 7) is 19.7. The number of carbonyl (C=O) groups excluding carboxylic acids is 1. The average Bonchev–Trinajstić information content (AvgIpc) is 2.90. The summed E-state index contributed by atoms with van der Waals surface area (Å²) in [5, 5.41) is 0.0510. The molecule has 1 aliphatic rings. The van der Waals surface area contributed by atoms with Crippen LogP contribution in [0.25, 0.3) is 0 Å². The molecule has 0 saturated carbocycles. The Labute approximate surface area is 196 Å². The summed E-state index contributed by atoms with van der Waals surface area (Å²) < 4.78 is 18.1. The Bertz CT molecular complexity index is 802. The summed E-state index contributed by atoms with van der Waals surface area (Å²) in [4.78, 5) is 15.7. The molecule has 0 spiro atoms. The van der Waals surface area contributed by atoms with E-state index in [1.54, 1.807) is 12.0 Å². The number of fused-ring (bicyclic) bond motifs is 1. The van der Waals surface area contributed by atoms with Gasteiger partial charge in [0.25, 0.3) is 0 Å². The second kappa shape index (κ2) is 9.97. The van der Waals surface area contributed by atoms with Gasteiger partial charge in [0.1, 0.15) is 12.5 Å². The topological polar surface area (TPSA) is 74.0 Å². The van der Waals surface area contributed by atoms with Crippen molar-refractivity contribution in [3.05, 3.63) is 23.8 Å². The van der Waals surface area contributed by atoms with Crippen molar-refractivity contribution < 1.29 is 18.7 Å². The molecule has 0 saturated heterocycles. The van der Waals surface area contributed by atoms with Crippen LogP contribution in [0.4, 0.5) is 5.69 Å². The van der Waals surface area contributed by atoms with Crippen LogP contribution in [0.3, 0.4) is 0 Å². The maximum absolute atomic E-state index is 13.9. The highest BCUT2D eigenvalue weighted by atomic mass is 28.4. The third kappa shape index (κ3) is 5.83. The van der Waals surface area contributed by atoms with E-state index in [0.29, 0.717) is 26.2 Å². The number of hydrogen-bond acceptors (Lipinski definition) is 5. The number of anilines is 1. The number of nitrogens with two attached hydrogens (primary N) is 1. The van der Waals surface area contributed by atoms with Crippen LogP contribution in [0, 0.1) is 0 Å². The average molecular weight is 481 g/mol. The number of amides is 1. The van der Waals surface area contributed by atoms with E-state index in [2.05, 4.69) is 53.5 Å². The second-order valence-electron chi connectivity index (χ2n) is 11.6. The number of nitrogens with zero attached hydrogens (tertiary/aromatic N) is 1. The van der Waals surface area contributed by atoms with Crippen LogP contribution >= 0.6 is 0 Å². The van der Waals surface area contributed by atoms with Gasteiger partial charge in [-0.3, -0.25) is 9.69 Å². The quantitative estimate of drug-likeness (QED) is 0.358. The fourth-order valence-electron chi connectivity index (χ4n) is 3.63. The van der Waals surface area contributed by atoms with Crippen LogP contribution in [0.5, 0.6) is 5.75 Å². The molecule has 0 bridgehead atoms. The number of methoxy groups -OCH3 is 1. The molecule has 1 amide bonds. The minimum Gasteiger partial charge on any atom is -0.497 e. The molecule has 32 heavy (non-hydrogen) atoms. The van der Waals surface area contributed by atoms with Crippen molar-refractivity contribution in [3.8, 4) is 5.75 Å². The number of carbonyl (C=O) groups is 1. The first-order valence-corrected chi connectivity index (χ1v) is 18.2. The standard InChI is InChI=1S/C24H44N2O4Si2/c1-23(2,3)32(8,9)30-17-24(12-13-25)20-16-19(28-4)10-11-21(20)26(22(24)27)18-29-14-15-31(5,6)7/h10-11,16H,12-15,17-18,25H2,1-9H3. The summed E-state index contributed by atoms with van der Waals surface area (Å²) in [5.41, 5.74) is 7.03. The Balaban J connectivity index is 2.39. The molecular weight excluding hydrogens is 436 g/mol. The zero-order valence-corrected chi connectivity index (χ0v) is 23.6. The van der Waals surface area contributed by atoms with E-state index in [-0.39, 0.29) is 17.7 Å². The lowest BCUT2D eigenvalue weighted by atomic mass is 9.79. The molecule has 2 N–H and O–H groups in total. The van der Waals surface area contributed by atoms with Gasteiger partial charge in [-0.15, -0.1) is 0 Å². The van der Waals surface area contributed by atoms with Crippen molar-refractivity contribution in [2.24, 2.45) is 5.73 Å². The van der Waals surface area contributed by atoms with E-state index < -0.39 is 21.8 Å². The Morgan fingerprint density at radius 2 is 1.78 bits per heavy atom. The summed E-state index contributed by atoms with van der Waals surface area (Å²) in [5.74, 6) is 0.740. The number of benzene rings is 1. The van der Waals surface area contributed by atoms with Gasteiger partial charge in [-0.05, 0) is 60.9 Å². The summed E-state index contributed by atoms with van der Waals surface area (Å²) >= 11 is 0. The summed E-state index contributed by atoms with van der Waals surface area (Å²) in [6, 6.07) is 6.89. The smallest absolute Gasteiger partial charge is 0.241 e. The van der Waals surface area contributed by atoms with Crippen molar-refractivity contribution in [2.75, 3.05) is 38.5 Å². The molecule has 1 heterocycles. The Hall–Kier alpha value is -1.20. The highest BCUT2D eigenvalue weighted by Gasteiger charge is 2.52. The fraction of sp³-hybridized carbons (Fsp3) is 0.708. The largest absolute Gasteiger partial charge is 0.497 e. The zero-order chi connectivity index (χ0) is 24.4. The second-order valence-corrected chi connectivity index (χ2v) is 22.1. The fourth-order valence-corrected chi connectivity index (χ4v) is 5.42. The molecular formula is C24H44N2O4Si2. The molecule has 1 unspecified atom stereocenters. The van der Waals surface area contributed by atoms with Crippen LogP contribution in [0.1, 0.15) is 32.8 Å². The lowest BCUT2D eigenvalue weighted by molar-refractivity contribution is -0.125. The van der Waals surface area contributed by atoms with Gasteiger partial charge in [-0.25, -0.2) is 0 Å². The van der Waals surface area contributed by atoms with E-state index >= 15 is 0 Å². The zero-order valence-electron chi connectivity index (χ0n) is 21.6. The molecule has 0 aliphatic carbocycles. The van der Waals surface area contributed by atoms with E-state index in [0.717, 1.165) is 23.0 Å². The van der Waals surface area contributed by atoms with Gasteiger partial charge in [-0.2, -0.15) is 0 Å². The van der Waals surface area contributed by atoms with Gasteiger partial charge < -0.3 is 19.6 Å². The molecule has 6 nitrogen and oxygen atoms in total. The van der Waals surface area contributed by atoms with Crippen LogP contribution < -0.4 is 15.4 Å². The van der Waals surface area contributed by atoms with Gasteiger partial charge in [0.05, 0.1) is 24.8 Å². The van der Waals surface area contributed by atoms with Crippen LogP contribution in [0.15, 0.2) is 18.2 Å². The van der Waals surface area contributed by atoms with Crippen molar-refractivity contribution in [2.45, 2.75) is 76.4 Å². The van der Waals surface area contributed by atoms with E-state index in [9.17, 15) is 4.79 Å². The summed E-state index contributed by atoms with van der Waals surface area (Å²) in [6.07, 6.45) is 0.520.